The van der Waals surface area contributed by atoms with Crippen molar-refractivity contribution < 1.29 is 0 Å². The summed E-state index contributed by atoms with van der Waals surface area (Å²) < 4.78 is 1.73. The minimum absolute atomic E-state index is 0.326. The standard InChI is InChI=1S/C18H25N9/c1-13(26-10-4-5-11-26)23-17(14(20)6-8-19)24-15-12-22-27-16(25(2)3)7-9-21-18(15)27/h6-9,12,19H,4-5,10-11,20H2,1-3H3/b14-6+,19-8?,23-13+,24-17-. The highest BCUT2D eigenvalue weighted by Crippen LogP contribution is 2.23. The molecule has 3 N–H and O–H groups in total. The molecular weight excluding hydrogens is 342 g/mol. The van der Waals surface area contributed by atoms with E-state index in [1.54, 1.807) is 16.9 Å². The van der Waals surface area contributed by atoms with Gasteiger partial charge in [-0.1, -0.05) is 0 Å². The van der Waals surface area contributed by atoms with Crippen LogP contribution in [-0.2, 0) is 0 Å². The van der Waals surface area contributed by atoms with E-state index in [0.717, 1.165) is 43.8 Å². The Kier molecular flexibility index (Phi) is 5.49. The average Bonchev–Trinajstić information content (AvgIpc) is 3.31. The molecule has 9 nitrogen and oxygen atoms in total. The third-order valence-electron chi connectivity index (χ3n) is 4.40. The molecule has 0 aliphatic carbocycles. The number of anilines is 1. The Morgan fingerprint density at radius 3 is 2.74 bits per heavy atom. The number of fused-ring (bicyclic) bond motifs is 1. The summed E-state index contributed by atoms with van der Waals surface area (Å²) in [4.78, 5) is 17.8. The van der Waals surface area contributed by atoms with Crippen molar-refractivity contribution >= 4 is 35.0 Å². The number of likely N-dealkylation sites (tertiary alicyclic amines) is 1. The molecule has 1 saturated heterocycles. The number of nitrogens with one attached hydrogen (secondary N) is 1. The monoisotopic (exact) mass is 367 g/mol. The van der Waals surface area contributed by atoms with Crippen LogP contribution in [0.15, 0.2) is 40.2 Å². The summed E-state index contributed by atoms with van der Waals surface area (Å²) in [5.74, 6) is 2.11. The predicted octanol–water partition coefficient (Wildman–Crippen LogP) is 1.83. The van der Waals surface area contributed by atoms with E-state index >= 15 is 0 Å². The lowest BCUT2D eigenvalue weighted by Gasteiger charge is -2.16. The summed E-state index contributed by atoms with van der Waals surface area (Å²) in [7, 11) is 3.89. The molecule has 0 unspecified atom stereocenters. The van der Waals surface area contributed by atoms with Crippen LogP contribution in [0.2, 0.25) is 0 Å². The first-order valence-corrected chi connectivity index (χ1v) is 8.87. The summed E-state index contributed by atoms with van der Waals surface area (Å²) in [5, 5.41) is 11.7. The van der Waals surface area contributed by atoms with Crippen LogP contribution >= 0.6 is 0 Å². The van der Waals surface area contributed by atoms with Gasteiger partial charge in [0.25, 0.3) is 0 Å². The van der Waals surface area contributed by atoms with Crippen molar-refractivity contribution in [3.8, 4) is 0 Å². The summed E-state index contributed by atoms with van der Waals surface area (Å²) in [5.41, 5.74) is 7.64. The fraction of sp³-hybridized carbons (Fsp3) is 0.389. The van der Waals surface area contributed by atoms with Gasteiger partial charge in [0, 0.05) is 39.6 Å². The van der Waals surface area contributed by atoms with Gasteiger partial charge in [0.1, 0.15) is 17.3 Å². The molecule has 0 atom stereocenters. The highest BCUT2D eigenvalue weighted by molar-refractivity contribution is 6.08. The summed E-state index contributed by atoms with van der Waals surface area (Å²) in [6.07, 6.45) is 8.30. The number of hydrogen-bond donors (Lipinski definition) is 2. The first-order valence-electron chi connectivity index (χ1n) is 8.87. The van der Waals surface area contributed by atoms with Gasteiger partial charge in [-0.3, -0.25) is 0 Å². The van der Waals surface area contributed by atoms with Crippen molar-refractivity contribution in [1.29, 1.82) is 5.41 Å². The number of nitrogens with zero attached hydrogens (tertiary/aromatic N) is 7. The Morgan fingerprint density at radius 2 is 2.07 bits per heavy atom. The van der Waals surface area contributed by atoms with Crippen LogP contribution in [0.1, 0.15) is 19.8 Å². The number of aromatic nitrogens is 3. The molecule has 142 valence electrons. The molecule has 0 amide bonds. The molecule has 0 aromatic carbocycles. The zero-order valence-corrected chi connectivity index (χ0v) is 15.9. The SMILES string of the molecule is C\C(=N/C(=N\c1cnn2c(N(C)C)ccnc12)C(/N)=C\C=N)N1CCCC1. The van der Waals surface area contributed by atoms with Crippen molar-refractivity contribution in [3.63, 3.8) is 0 Å². The molecule has 0 spiro atoms. The second-order valence-electron chi connectivity index (χ2n) is 6.54. The van der Waals surface area contributed by atoms with Gasteiger partial charge in [-0.2, -0.15) is 9.61 Å². The number of allylic oxidation sites excluding steroid dienone is 1. The lowest BCUT2D eigenvalue weighted by Crippen LogP contribution is -2.26. The van der Waals surface area contributed by atoms with Crippen molar-refractivity contribution in [2.75, 3.05) is 32.1 Å². The molecule has 0 saturated carbocycles. The molecule has 9 heteroatoms. The Bertz CT molecular complexity index is 914. The molecule has 1 aliphatic rings. The summed E-state index contributed by atoms with van der Waals surface area (Å²) in [6, 6.07) is 1.88. The average molecular weight is 367 g/mol. The molecule has 1 aliphatic heterocycles. The van der Waals surface area contributed by atoms with Crippen molar-refractivity contribution in [2.45, 2.75) is 19.8 Å². The van der Waals surface area contributed by atoms with Crippen LogP contribution in [0.5, 0.6) is 0 Å². The molecule has 2 aromatic rings. The van der Waals surface area contributed by atoms with E-state index < -0.39 is 0 Å². The normalized spacial score (nSPS) is 16.3. The second kappa shape index (κ2) is 7.98. The van der Waals surface area contributed by atoms with Gasteiger partial charge in [-0.05, 0) is 31.9 Å². The Balaban J connectivity index is 2.07. The van der Waals surface area contributed by atoms with Crippen LogP contribution in [0.4, 0.5) is 11.5 Å². The maximum absolute atomic E-state index is 7.30. The quantitative estimate of drug-likeness (QED) is 0.632. The summed E-state index contributed by atoms with van der Waals surface area (Å²) in [6.45, 7) is 3.93. The van der Waals surface area contributed by atoms with E-state index in [-0.39, 0.29) is 0 Å². The van der Waals surface area contributed by atoms with Gasteiger partial charge in [0.05, 0.1) is 11.9 Å². The van der Waals surface area contributed by atoms with E-state index in [1.165, 1.54) is 6.08 Å². The molecular formula is C18H25N9. The van der Waals surface area contributed by atoms with Gasteiger partial charge in [0.2, 0.25) is 0 Å². The van der Waals surface area contributed by atoms with E-state index in [4.69, 9.17) is 11.1 Å². The minimum Gasteiger partial charge on any atom is -0.396 e. The first kappa shape index (κ1) is 18.6. The lowest BCUT2D eigenvalue weighted by molar-refractivity contribution is 0.517. The van der Waals surface area contributed by atoms with Crippen LogP contribution in [-0.4, -0.2) is 64.6 Å². The van der Waals surface area contributed by atoms with Gasteiger partial charge in [-0.25, -0.2) is 15.0 Å². The number of aliphatic imine (C=N–C) groups is 2. The van der Waals surface area contributed by atoms with Gasteiger partial charge < -0.3 is 20.9 Å². The zero-order valence-electron chi connectivity index (χ0n) is 15.9. The molecule has 27 heavy (non-hydrogen) atoms. The number of hydrogen-bond acceptors (Lipinski definition) is 6. The van der Waals surface area contributed by atoms with E-state index in [0.29, 0.717) is 22.9 Å². The molecule has 2 aromatic heterocycles. The van der Waals surface area contributed by atoms with Gasteiger partial charge in [0.15, 0.2) is 11.5 Å². The number of rotatable bonds is 4. The summed E-state index contributed by atoms with van der Waals surface area (Å²) >= 11 is 0. The molecule has 1 fully saturated rings. The lowest BCUT2D eigenvalue weighted by atomic mass is 10.3. The highest BCUT2D eigenvalue weighted by atomic mass is 15.3. The second-order valence-corrected chi connectivity index (χ2v) is 6.54. The minimum atomic E-state index is 0.326. The maximum atomic E-state index is 7.30. The topological polar surface area (TPSA) is 111 Å². The fourth-order valence-electron chi connectivity index (χ4n) is 2.98. The van der Waals surface area contributed by atoms with Crippen molar-refractivity contribution in [1.82, 2.24) is 19.5 Å². The number of nitrogens with two attached hydrogens (primary N) is 1. The van der Waals surface area contributed by atoms with Crippen molar-refractivity contribution in [2.24, 2.45) is 15.7 Å². The predicted molar refractivity (Wildman–Crippen MR) is 109 cm³/mol. The largest absolute Gasteiger partial charge is 0.396 e. The number of amidine groups is 2. The molecule has 0 bridgehead atoms. The first-order chi connectivity index (χ1) is 13.0. The smallest absolute Gasteiger partial charge is 0.183 e. The van der Waals surface area contributed by atoms with E-state index in [1.807, 2.05) is 32.0 Å². The van der Waals surface area contributed by atoms with Crippen LogP contribution in [0.3, 0.4) is 0 Å². The van der Waals surface area contributed by atoms with Crippen molar-refractivity contribution in [3.05, 3.63) is 30.2 Å². The van der Waals surface area contributed by atoms with Crippen LogP contribution in [0.25, 0.3) is 5.65 Å². The van der Waals surface area contributed by atoms with E-state index in [9.17, 15) is 0 Å². The Labute approximate surface area is 158 Å². The van der Waals surface area contributed by atoms with Crippen LogP contribution < -0.4 is 10.6 Å². The molecule has 0 radical (unpaired) electrons. The fourth-order valence-corrected chi connectivity index (χ4v) is 2.98. The Morgan fingerprint density at radius 1 is 1.33 bits per heavy atom. The van der Waals surface area contributed by atoms with Gasteiger partial charge >= 0.3 is 0 Å². The zero-order chi connectivity index (χ0) is 19.4. The Hall–Kier alpha value is -3.23. The molecule has 3 heterocycles. The van der Waals surface area contributed by atoms with Gasteiger partial charge in [-0.15, -0.1) is 0 Å². The third-order valence-corrected chi connectivity index (χ3v) is 4.40. The van der Waals surface area contributed by atoms with E-state index in [2.05, 4.69) is 25.0 Å². The molecule has 3 rings (SSSR count). The third kappa shape index (κ3) is 3.97. The van der Waals surface area contributed by atoms with Crippen LogP contribution in [0, 0.1) is 5.41 Å². The highest BCUT2D eigenvalue weighted by Gasteiger charge is 2.15. The maximum Gasteiger partial charge on any atom is 0.183 e.